The van der Waals surface area contributed by atoms with Gasteiger partial charge in [0.05, 0.1) is 22.3 Å². The lowest BCUT2D eigenvalue weighted by Crippen LogP contribution is -2.50. The summed E-state index contributed by atoms with van der Waals surface area (Å²) in [7, 11) is 0. The van der Waals surface area contributed by atoms with Gasteiger partial charge in [-0.05, 0) is 24.3 Å². The fourth-order valence-corrected chi connectivity index (χ4v) is 4.70. The van der Waals surface area contributed by atoms with Crippen LogP contribution in [-0.4, -0.2) is 58.0 Å². The molecule has 1 aliphatic heterocycles. The summed E-state index contributed by atoms with van der Waals surface area (Å²) in [6.45, 7) is 2.31. The van der Waals surface area contributed by atoms with Crippen molar-refractivity contribution in [3.05, 3.63) is 39.8 Å². The first-order valence-electron chi connectivity index (χ1n) is 9.39. The molecule has 0 aromatic carbocycles. The molecule has 138 valence electrons. The molecule has 0 unspecified atom stereocenters. The van der Waals surface area contributed by atoms with Crippen molar-refractivity contribution in [2.45, 2.75) is 38.0 Å². The minimum absolute atomic E-state index is 0.0440. The van der Waals surface area contributed by atoms with Gasteiger partial charge in [-0.1, -0.05) is 25.3 Å². The highest BCUT2D eigenvalue weighted by molar-refractivity contribution is 7.12. The summed E-state index contributed by atoms with van der Waals surface area (Å²) in [6.07, 6.45) is 7.67. The molecule has 6 nitrogen and oxygen atoms in total. The van der Waals surface area contributed by atoms with Gasteiger partial charge in [0.2, 0.25) is 0 Å². The summed E-state index contributed by atoms with van der Waals surface area (Å²) in [5.41, 5.74) is 1.72. The van der Waals surface area contributed by atoms with Crippen LogP contribution in [0.5, 0.6) is 0 Å². The summed E-state index contributed by atoms with van der Waals surface area (Å²) >= 11 is 1.46. The number of hydrogen-bond acceptors (Lipinski definition) is 4. The summed E-state index contributed by atoms with van der Waals surface area (Å²) in [5, 5.41) is 9.15. The van der Waals surface area contributed by atoms with Gasteiger partial charge in [0.25, 0.3) is 11.8 Å². The summed E-state index contributed by atoms with van der Waals surface area (Å²) in [6, 6.07) is 3.75. The molecule has 1 N–H and O–H groups in total. The van der Waals surface area contributed by atoms with Crippen molar-refractivity contribution in [1.82, 2.24) is 20.0 Å². The van der Waals surface area contributed by atoms with E-state index in [1.165, 1.54) is 30.6 Å². The minimum Gasteiger partial charge on any atom is -0.335 e. The Kier molecular flexibility index (Phi) is 5.06. The molecular weight excluding hydrogens is 348 g/mol. The number of aromatic nitrogens is 2. The third-order valence-electron chi connectivity index (χ3n) is 5.50. The van der Waals surface area contributed by atoms with Crippen molar-refractivity contribution in [3.8, 4) is 0 Å². The van der Waals surface area contributed by atoms with Crippen LogP contribution in [0.3, 0.4) is 0 Å². The lowest BCUT2D eigenvalue weighted by molar-refractivity contribution is 0.0537. The highest BCUT2D eigenvalue weighted by Crippen LogP contribution is 2.33. The van der Waals surface area contributed by atoms with E-state index in [1.807, 2.05) is 27.3 Å². The van der Waals surface area contributed by atoms with Crippen LogP contribution in [0.15, 0.2) is 23.7 Å². The predicted molar refractivity (Wildman–Crippen MR) is 101 cm³/mol. The molecule has 0 spiro atoms. The lowest BCUT2D eigenvalue weighted by atomic mass is 9.85. The van der Waals surface area contributed by atoms with Crippen molar-refractivity contribution in [3.63, 3.8) is 0 Å². The number of hydrogen-bond donors (Lipinski definition) is 1. The Labute approximate surface area is 157 Å². The second-order valence-corrected chi connectivity index (χ2v) is 8.04. The Balaban J connectivity index is 1.40. The Hall–Kier alpha value is -2.15. The van der Waals surface area contributed by atoms with Gasteiger partial charge in [-0.3, -0.25) is 14.7 Å². The van der Waals surface area contributed by atoms with Gasteiger partial charge in [0, 0.05) is 32.1 Å². The number of nitrogens with one attached hydrogen (secondary N) is 1. The zero-order valence-corrected chi connectivity index (χ0v) is 15.6. The van der Waals surface area contributed by atoms with Crippen LogP contribution in [0.25, 0.3) is 0 Å². The minimum atomic E-state index is 0.0440. The van der Waals surface area contributed by atoms with E-state index in [0.29, 0.717) is 32.1 Å². The molecule has 2 aromatic heterocycles. The van der Waals surface area contributed by atoms with Gasteiger partial charge in [-0.25, -0.2) is 0 Å². The molecule has 1 saturated carbocycles. The molecule has 2 aliphatic rings. The number of rotatable bonds is 3. The average Bonchev–Trinajstić information content (AvgIpc) is 3.39. The standard InChI is InChI=1S/C19H24N4O2S/c24-18(15-13-20-21-17(15)14-5-2-1-3-6-14)22-8-10-23(11-9-22)19(25)16-7-4-12-26-16/h4,7,12-14H,1-3,5-6,8-11H2,(H,20,21). The van der Waals surface area contributed by atoms with Crippen LogP contribution in [-0.2, 0) is 0 Å². The fraction of sp³-hybridized carbons (Fsp3) is 0.526. The molecule has 2 fully saturated rings. The van der Waals surface area contributed by atoms with E-state index in [1.54, 1.807) is 6.20 Å². The molecule has 4 rings (SSSR count). The first kappa shape index (κ1) is 17.3. The van der Waals surface area contributed by atoms with Crippen molar-refractivity contribution in [2.75, 3.05) is 26.2 Å². The summed E-state index contributed by atoms with van der Waals surface area (Å²) < 4.78 is 0. The molecule has 2 amide bonds. The van der Waals surface area contributed by atoms with E-state index in [0.717, 1.165) is 29.0 Å². The summed E-state index contributed by atoms with van der Waals surface area (Å²) in [4.78, 5) is 29.9. The number of amides is 2. The molecule has 3 heterocycles. The second-order valence-electron chi connectivity index (χ2n) is 7.09. The molecule has 0 atom stereocenters. The number of carbonyl (C=O) groups excluding carboxylic acids is 2. The first-order valence-corrected chi connectivity index (χ1v) is 10.3. The molecule has 26 heavy (non-hydrogen) atoms. The van der Waals surface area contributed by atoms with Crippen LogP contribution in [0.1, 0.15) is 63.7 Å². The Morgan fingerprint density at radius 2 is 1.73 bits per heavy atom. The summed E-state index contributed by atoms with van der Waals surface area (Å²) in [5.74, 6) is 0.535. The largest absolute Gasteiger partial charge is 0.335 e. The first-order chi connectivity index (χ1) is 12.7. The predicted octanol–water partition coefficient (Wildman–Crippen LogP) is 3.12. The van der Waals surface area contributed by atoms with E-state index in [-0.39, 0.29) is 11.8 Å². The Bertz CT molecular complexity index is 756. The molecule has 0 radical (unpaired) electrons. The molecule has 1 saturated heterocycles. The second kappa shape index (κ2) is 7.61. The average molecular weight is 372 g/mol. The van der Waals surface area contributed by atoms with E-state index in [9.17, 15) is 9.59 Å². The highest BCUT2D eigenvalue weighted by Gasteiger charge is 2.29. The van der Waals surface area contributed by atoms with Crippen LogP contribution < -0.4 is 0 Å². The third-order valence-corrected chi connectivity index (χ3v) is 6.36. The Morgan fingerprint density at radius 1 is 1.04 bits per heavy atom. The smallest absolute Gasteiger partial charge is 0.264 e. The number of aromatic amines is 1. The maximum absolute atomic E-state index is 13.0. The highest BCUT2D eigenvalue weighted by atomic mass is 32.1. The van der Waals surface area contributed by atoms with E-state index < -0.39 is 0 Å². The van der Waals surface area contributed by atoms with Crippen molar-refractivity contribution in [2.24, 2.45) is 0 Å². The molecule has 0 bridgehead atoms. The van der Waals surface area contributed by atoms with Crippen molar-refractivity contribution < 1.29 is 9.59 Å². The quantitative estimate of drug-likeness (QED) is 0.900. The van der Waals surface area contributed by atoms with Gasteiger partial charge in [-0.15, -0.1) is 11.3 Å². The lowest BCUT2D eigenvalue weighted by Gasteiger charge is -2.34. The Morgan fingerprint density at radius 3 is 2.38 bits per heavy atom. The molecule has 7 heteroatoms. The number of carbonyl (C=O) groups is 2. The zero-order valence-electron chi connectivity index (χ0n) is 14.8. The number of nitrogens with zero attached hydrogens (tertiary/aromatic N) is 3. The van der Waals surface area contributed by atoms with Gasteiger partial charge in [0.15, 0.2) is 0 Å². The maximum Gasteiger partial charge on any atom is 0.264 e. The third kappa shape index (κ3) is 3.40. The van der Waals surface area contributed by atoms with Crippen molar-refractivity contribution in [1.29, 1.82) is 0 Å². The normalized spacial score (nSPS) is 18.9. The number of piperazine rings is 1. The number of H-pyrrole nitrogens is 1. The van der Waals surface area contributed by atoms with Crippen molar-refractivity contribution >= 4 is 23.2 Å². The molecule has 2 aromatic rings. The van der Waals surface area contributed by atoms with Gasteiger partial charge < -0.3 is 9.80 Å². The number of thiophene rings is 1. The SMILES string of the molecule is O=C(c1cccs1)N1CCN(C(=O)c2cn[nH]c2C2CCCCC2)CC1. The van der Waals surface area contributed by atoms with Gasteiger partial charge in [-0.2, -0.15) is 5.10 Å². The maximum atomic E-state index is 13.0. The molecular formula is C19H24N4O2S. The van der Waals surface area contributed by atoms with Gasteiger partial charge >= 0.3 is 0 Å². The topological polar surface area (TPSA) is 69.3 Å². The van der Waals surface area contributed by atoms with Crippen LogP contribution in [0.2, 0.25) is 0 Å². The fourth-order valence-electron chi connectivity index (χ4n) is 4.01. The molecule has 1 aliphatic carbocycles. The van der Waals surface area contributed by atoms with Crippen LogP contribution >= 0.6 is 11.3 Å². The van der Waals surface area contributed by atoms with E-state index >= 15 is 0 Å². The van der Waals surface area contributed by atoms with E-state index in [4.69, 9.17) is 0 Å². The monoisotopic (exact) mass is 372 g/mol. The van der Waals surface area contributed by atoms with E-state index in [2.05, 4.69) is 10.2 Å². The van der Waals surface area contributed by atoms with Crippen LogP contribution in [0, 0.1) is 0 Å². The van der Waals surface area contributed by atoms with Crippen LogP contribution in [0.4, 0.5) is 0 Å². The van der Waals surface area contributed by atoms with Gasteiger partial charge in [0.1, 0.15) is 0 Å². The zero-order chi connectivity index (χ0) is 17.9.